The van der Waals surface area contributed by atoms with Gasteiger partial charge in [0.25, 0.3) is 0 Å². The fourth-order valence-electron chi connectivity index (χ4n) is 4.14. The highest BCUT2D eigenvalue weighted by Crippen LogP contribution is 2.31. The molecule has 1 amide bonds. The molecule has 0 aliphatic carbocycles. The second kappa shape index (κ2) is 7.18. The Kier molecular flexibility index (Phi) is 5.21. The minimum Gasteiger partial charge on any atom is -0.334 e. The Morgan fingerprint density at radius 2 is 1.83 bits per heavy atom. The molecule has 4 atom stereocenters. The van der Waals surface area contributed by atoms with Gasteiger partial charge in [0.15, 0.2) is 0 Å². The fourth-order valence-corrected chi connectivity index (χ4v) is 4.14. The molecule has 3 N–H and O–H groups in total. The molecule has 0 radical (unpaired) electrons. The molecule has 4 unspecified atom stereocenters. The van der Waals surface area contributed by atoms with Gasteiger partial charge in [-0.3, -0.25) is 4.79 Å². The average Bonchev–Trinajstić information content (AvgIpc) is 3.12. The van der Waals surface area contributed by atoms with Crippen LogP contribution in [0, 0.1) is 0 Å². The fraction of sp³-hybridized carbons (Fsp3) is 0.588. The van der Waals surface area contributed by atoms with Crippen LogP contribution in [0.2, 0.25) is 0 Å². The Balaban J connectivity index is 0.00000156. The van der Waals surface area contributed by atoms with Crippen LogP contribution in [-0.2, 0) is 4.79 Å². The summed E-state index contributed by atoms with van der Waals surface area (Å²) in [6, 6.07) is 11.3. The van der Waals surface area contributed by atoms with Gasteiger partial charge in [0.1, 0.15) is 6.04 Å². The Morgan fingerprint density at radius 3 is 2.65 bits per heavy atom. The van der Waals surface area contributed by atoms with Gasteiger partial charge in [-0.25, -0.2) is 10.9 Å². The summed E-state index contributed by atoms with van der Waals surface area (Å²) in [5, 5.41) is 3.46. The molecular formula is C17H25ClN4O. The molecule has 6 heteroatoms. The van der Waals surface area contributed by atoms with E-state index in [0.29, 0.717) is 12.1 Å². The summed E-state index contributed by atoms with van der Waals surface area (Å²) in [5.74, 6) is 0.280. The molecule has 126 valence electrons. The first-order valence-electron chi connectivity index (χ1n) is 8.42. The van der Waals surface area contributed by atoms with Crippen LogP contribution in [0.5, 0.6) is 0 Å². The number of rotatable bonds is 2. The van der Waals surface area contributed by atoms with Crippen LogP contribution in [-0.4, -0.2) is 42.0 Å². The number of amides is 1. The monoisotopic (exact) mass is 336 g/mol. The van der Waals surface area contributed by atoms with Crippen molar-refractivity contribution in [1.29, 1.82) is 0 Å². The van der Waals surface area contributed by atoms with Gasteiger partial charge in [0.2, 0.25) is 5.91 Å². The second-order valence-corrected chi connectivity index (χ2v) is 6.66. The van der Waals surface area contributed by atoms with Crippen molar-refractivity contribution in [2.45, 2.75) is 49.9 Å². The highest BCUT2D eigenvalue weighted by Gasteiger charge is 2.42. The Bertz CT molecular complexity index is 527. The quantitative estimate of drug-likeness (QED) is 0.763. The van der Waals surface area contributed by atoms with Crippen LogP contribution < -0.4 is 16.2 Å². The number of hydrogen-bond acceptors (Lipinski definition) is 4. The van der Waals surface area contributed by atoms with E-state index < -0.39 is 0 Å². The first-order chi connectivity index (χ1) is 10.8. The maximum Gasteiger partial charge on any atom is 0.241 e. The molecule has 0 spiro atoms. The highest BCUT2D eigenvalue weighted by atomic mass is 35.5. The van der Waals surface area contributed by atoms with Crippen LogP contribution in [0.25, 0.3) is 0 Å². The predicted octanol–water partition coefficient (Wildman–Crippen LogP) is 1.37. The first kappa shape index (κ1) is 16.7. The molecule has 23 heavy (non-hydrogen) atoms. The Hall–Kier alpha value is -1.14. The maximum atomic E-state index is 13.0. The lowest BCUT2D eigenvalue weighted by Gasteiger charge is -2.30. The molecule has 3 aliphatic rings. The zero-order valence-corrected chi connectivity index (χ0v) is 14.0. The summed E-state index contributed by atoms with van der Waals surface area (Å²) in [7, 11) is 0. The summed E-state index contributed by atoms with van der Waals surface area (Å²) in [5.41, 5.74) is 7.77. The van der Waals surface area contributed by atoms with Crippen molar-refractivity contribution in [2.75, 3.05) is 13.1 Å². The number of halogens is 1. The normalized spacial score (nSPS) is 33.1. The zero-order chi connectivity index (χ0) is 14.9. The van der Waals surface area contributed by atoms with Crippen molar-refractivity contribution < 1.29 is 4.79 Å². The van der Waals surface area contributed by atoms with E-state index in [1.165, 1.54) is 12.0 Å². The largest absolute Gasteiger partial charge is 0.334 e. The summed E-state index contributed by atoms with van der Waals surface area (Å²) in [6.45, 7) is 1.98. The van der Waals surface area contributed by atoms with Crippen LogP contribution in [0.1, 0.15) is 37.3 Å². The van der Waals surface area contributed by atoms with Crippen molar-refractivity contribution in [3.8, 4) is 0 Å². The highest BCUT2D eigenvalue weighted by molar-refractivity contribution is 5.85. The molecule has 2 bridgehead atoms. The third-order valence-corrected chi connectivity index (χ3v) is 5.31. The Labute approximate surface area is 143 Å². The zero-order valence-electron chi connectivity index (χ0n) is 13.2. The molecule has 1 aromatic rings. The van der Waals surface area contributed by atoms with E-state index in [9.17, 15) is 4.79 Å². The lowest BCUT2D eigenvalue weighted by Crippen LogP contribution is -2.51. The average molecular weight is 337 g/mol. The SMILES string of the molecule is Cl.O=C(C1CC(c2ccccc2)NN1)N1C2CCNCC1CC2. The third kappa shape index (κ3) is 3.24. The minimum absolute atomic E-state index is 0. The van der Waals surface area contributed by atoms with E-state index in [4.69, 9.17) is 0 Å². The third-order valence-electron chi connectivity index (χ3n) is 5.31. The summed E-state index contributed by atoms with van der Waals surface area (Å²) >= 11 is 0. The number of fused-ring (bicyclic) bond motifs is 2. The molecule has 3 aliphatic heterocycles. The molecule has 3 heterocycles. The van der Waals surface area contributed by atoms with E-state index in [1.54, 1.807) is 0 Å². The maximum absolute atomic E-state index is 13.0. The molecule has 3 saturated heterocycles. The van der Waals surface area contributed by atoms with E-state index in [1.807, 2.05) is 18.2 Å². The lowest BCUT2D eigenvalue weighted by molar-refractivity contribution is -0.135. The number of hydrogen-bond donors (Lipinski definition) is 3. The van der Waals surface area contributed by atoms with Crippen molar-refractivity contribution >= 4 is 18.3 Å². The smallest absolute Gasteiger partial charge is 0.241 e. The van der Waals surface area contributed by atoms with Crippen molar-refractivity contribution in [2.24, 2.45) is 0 Å². The molecule has 0 aromatic heterocycles. The van der Waals surface area contributed by atoms with Gasteiger partial charge in [0.05, 0.1) is 0 Å². The van der Waals surface area contributed by atoms with Gasteiger partial charge in [-0.05, 0) is 37.8 Å². The van der Waals surface area contributed by atoms with E-state index in [0.717, 1.165) is 32.4 Å². The van der Waals surface area contributed by atoms with Crippen LogP contribution >= 0.6 is 12.4 Å². The predicted molar refractivity (Wildman–Crippen MR) is 92.3 cm³/mol. The molecule has 4 rings (SSSR count). The standard InChI is InChI=1S/C17H24N4O.ClH/c22-17(21-13-6-7-14(21)11-18-9-8-13)16-10-15(19-20-16)12-4-2-1-3-5-12;/h1-5,13-16,18-20H,6-11H2;1H. The first-order valence-corrected chi connectivity index (χ1v) is 8.42. The van der Waals surface area contributed by atoms with E-state index in [-0.39, 0.29) is 30.4 Å². The van der Waals surface area contributed by atoms with Crippen molar-refractivity contribution in [3.05, 3.63) is 35.9 Å². The van der Waals surface area contributed by atoms with Crippen molar-refractivity contribution in [1.82, 2.24) is 21.1 Å². The van der Waals surface area contributed by atoms with Crippen LogP contribution in [0.3, 0.4) is 0 Å². The molecular weight excluding hydrogens is 312 g/mol. The van der Waals surface area contributed by atoms with Crippen LogP contribution in [0.4, 0.5) is 0 Å². The minimum atomic E-state index is -0.105. The van der Waals surface area contributed by atoms with Crippen LogP contribution in [0.15, 0.2) is 30.3 Å². The van der Waals surface area contributed by atoms with Gasteiger partial charge in [-0.15, -0.1) is 12.4 Å². The van der Waals surface area contributed by atoms with Gasteiger partial charge >= 0.3 is 0 Å². The number of benzene rings is 1. The molecule has 5 nitrogen and oxygen atoms in total. The number of nitrogens with zero attached hydrogens (tertiary/aromatic N) is 1. The second-order valence-electron chi connectivity index (χ2n) is 6.66. The van der Waals surface area contributed by atoms with E-state index >= 15 is 0 Å². The summed E-state index contributed by atoms with van der Waals surface area (Å²) in [6.07, 6.45) is 4.22. The molecule has 1 aromatic carbocycles. The number of nitrogens with one attached hydrogen (secondary N) is 3. The number of hydrazine groups is 1. The molecule has 3 fully saturated rings. The summed E-state index contributed by atoms with van der Waals surface area (Å²) in [4.78, 5) is 15.2. The lowest BCUT2D eigenvalue weighted by atomic mass is 10.0. The Morgan fingerprint density at radius 1 is 1.04 bits per heavy atom. The van der Waals surface area contributed by atoms with Gasteiger partial charge in [-0.2, -0.15) is 0 Å². The van der Waals surface area contributed by atoms with Gasteiger partial charge in [0, 0.05) is 24.7 Å². The topological polar surface area (TPSA) is 56.4 Å². The van der Waals surface area contributed by atoms with Gasteiger partial charge in [-0.1, -0.05) is 30.3 Å². The number of carbonyl (C=O) groups excluding carboxylic acids is 1. The van der Waals surface area contributed by atoms with Crippen molar-refractivity contribution in [3.63, 3.8) is 0 Å². The number of carbonyl (C=O) groups is 1. The molecule has 0 saturated carbocycles. The summed E-state index contributed by atoms with van der Waals surface area (Å²) < 4.78 is 0. The van der Waals surface area contributed by atoms with E-state index in [2.05, 4.69) is 33.2 Å². The van der Waals surface area contributed by atoms with Gasteiger partial charge < -0.3 is 10.2 Å².